The number of hydrogen-bond acceptors (Lipinski definition) is 2. The molecule has 0 unspecified atom stereocenters. The van der Waals surface area contributed by atoms with Crippen molar-refractivity contribution in [3.05, 3.63) is 34.9 Å². The van der Waals surface area contributed by atoms with Gasteiger partial charge in [-0.05, 0) is 17.7 Å². The lowest BCUT2D eigenvalue weighted by Gasteiger charge is -1.97. The van der Waals surface area contributed by atoms with E-state index in [1.165, 1.54) is 24.3 Å². The second kappa shape index (κ2) is 3.43. The van der Waals surface area contributed by atoms with Crippen molar-refractivity contribution in [2.24, 2.45) is 0 Å². The molecule has 5 heteroatoms. The van der Waals surface area contributed by atoms with Crippen molar-refractivity contribution in [2.75, 3.05) is 0 Å². The van der Waals surface area contributed by atoms with Gasteiger partial charge in [-0.3, -0.25) is 4.55 Å². The van der Waals surface area contributed by atoms with Crippen LogP contribution in [0.2, 0.25) is 5.02 Å². The van der Waals surface area contributed by atoms with Gasteiger partial charge in [0.2, 0.25) is 0 Å². The Morgan fingerprint density at radius 3 is 2.33 bits per heavy atom. The Balaban J connectivity index is 3.24. The van der Waals surface area contributed by atoms with Gasteiger partial charge in [-0.2, -0.15) is 8.42 Å². The van der Waals surface area contributed by atoms with Crippen LogP contribution in [0.1, 0.15) is 8.30 Å². The summed E-state index contributed by atoms with van der Waals surface area (Å²) < 4.78 is 44.4. The van der Waals surface area contributed by atoms with Crippen molar-refractivity contribution in [1.82, 2.24) is 0 Å². The molecule has 66 valence electrons. The Bertz CT molecular complexity index is 427. The SMILES string of the molecule is [2H]C([2H])(c1ccc(Cl)cc1)S(=O)(=O)O. The maximum absolute atomic E-state index is 10.7. The second-order valence-corrected chi connectivity index (χ2v) is 3.67. The average molecular weight is 209 g/mol. The molecule has 3 nitrogen and oxygen atoms in total. The molecule has 0 saturated carbocycles. The predicted octanol–water partition coefficient (Wildman–Crippen LogP) is 1.73. The third kappa shape index (κ3) is 3.21. The summed E-state index contributed by atoms with van der Waals surface area (Å²) in [4.78, 5) is 0. The second-order valence-electron chi connectivity index (χ2n) is 2.08. The number of halogens is 1. The van der Waals surface area contributed by atoms with Crippen LogP contribution in [-0.2, 0) is 15.8 Å². The minimum Gasteiger partial charge on any atom is -0.285 e. The fourth-order valence-electron chi connectivity index (χ4n) is 0.667. The summed E-state index contributed by atoms with van der Waals surface area (Å²) in [6, 6.07) is 5.10. The molecule has 0 radical (unpaired) electrons. The third-order valence-electron chi connectivity index (χ3n) is 1.09. The summed E-state index contributed by atoms with van der Waals surface area (Å²) in [6.07, 6.45) is 0. The van der Waals surface area contributed by atoms with E-state index in [9.17, 15) is 8.42 Å². The zero-order valence-electron chi connectivity index (χ0n) is 7.86. The Hall–Kier alpha value is -0.580. The van der Waals surface area contributed by atoms with Gasteiger partial charge in [0.15, 0.2) is 0 Å². The molecular weight excluding hydrogens is 200 g/mol. The van der Waals surface area contributed by atoms with E-state index in [0.717, 1.165) is 0 Å². The predicted molar refractivity (Wildman–Crippen MR) is 46.7 cm³/mol. The quantitative estimate of drug-likeness (QED) is 0.754. The van der Waals surface area contributed by atoms with Gasteiger partial charge in [0.25, 0.3) is 10.1 Å². The van der Waals surface area contributed by atoms with Crippen LogP contribution in [0.15, 0.2) is 24.3 Å². The van der Waals surface area contributed by atoms with Crippen LogP contribution < -0.4 is 0 Å². The van der Waals surface area contributed by atoms with E-state index in [0.29, 0.717) is 5.02 Å². The smallest absolute Gasteiger partial charge is 0.269 e. The first-order valence-corrected chi connectivity index (χ1v) is 4.80. The Kier molecular flexibility index (Phi) is 1.97. The highest BCUT2D eigenvalue weighted by molar-refractivity contribution is 7.85. The fraction of sp³-hybridized carbons (Fsp3) is 0.143. The van der Waals surface area contributed by atoms with Gasteiger partial charge >= 0.3 is 0 Å². The summed E-state index contributed by atoms with van der Waals surface area (Å²) in [6.45, 7) is 0. The molecule has 1 aromatic carbocycles. The average Bonchev–Trinajstić information content (AvgIpc) is 2.03. The van der Waals surface area contributed by atoms with Crippen molar-refractivity contribution < 1.29 is 15.7 Å². The first-order chi connectivity index (χ1) is 6.25. The van der Waals surface area contributed by atoms with E-state index in [2.05, 4.69) is 0 Å². The maximum atomic E-state index is 10.7. The summed E-state index contributed by atoms with van der Waals surface area (Å²) in [5.41, 5.74) is -2.97. The minimum atomic E-state index is -4.78. The van der Waals surface area contributed by atoms with Crippen molar-refractivity contribution in [2.45, 2.75) is 5.70 Å². The zero-order chi connectivity index (χ0) is 11.0. The monoisotopic (exact) mass is 208 g/mol. The van der Waals surface area contributed by atoms with Gasteiger partial charge < -0.3 is 0 Å². The van der Waals surface area contributed by atoms with Gasteiger partial charge in [-0.25, -0.2) is 0 Å². The number of rotatable bonds is 2. The van der Waals surface area contributed by atoms with Gasteiger partial charge in [-0.1, -0.05) is 23.7 Å². The topological polar surface area (TPSA) is 54.4 Å². The van der Waals surface area contributed by atoms with Crippen LogP contribution in [-0.4, -0.2) is 13.0 Å². The van der Waals surface area contributed by atoms with E-state index in [-0.39, 0.29) is 5.56 Å². The first-order valence-electron chi connectivity index (χ1n) is 3.98. The molecule has 12 heavy (non-hydrogen) atoms. The molecule has 0 aliphatic heterocycles. The lowest BCUT2D eigenvalue weighted by molar-refractivity contribution is 0.482. The normalized spacial score (nSPS) is 15.2. The van der Waals surface area contributed by atoms with E-state index in [1.807, 2.05) is 0 Å². The molecule has 1 rings (SSSR count). The van der Waals surface area contributed by atoms with E-state index < -0.39 is 15.8 Å². The van der Waals surface area contributed by atoms with E-state index >= 15 is 0 Å². The molecule has 0 atom stereocenters. The standard InChI is InChI=1S/C7H7ClO3S/c8-7-3-1-6(2-4-7)5-12(9,10)11/h1-4H,5H2,(H,9,10,11)/i5D2. The highest BCUT2D eigenvalue weighted by Crippen LogP contribution is 2.11. The summed E-state index contributed by atoms with van der Waals surface area (Å²) in [5, 5.41) is 0.361. The molecule has 0 fully saturated rings. The molecular formula is C7H7ClO3S. The van der Waals surface area contributed by atoms with Gasteiger partial charge in [0, 0.05) is 5.02 Å². The van der Waals surface area contributed by atoms with Gasteiger partial charge in [-0.15, -0.1) is 0 Å². The molecule has 1 N–H and O–H groups in total. The largest absolute Gasteiger partial charge is 0.285 e. The first kappa shape index (κ1) is 6.88. The molecule has 0 heterocycles. The fourth-order valence-corrected chi connectivity index (χ4v) is 1.23. The molecule has 0 amide bonds. The summed E-state index contributed by atoms with van der Waals surface area (Å²) >= 11 is 5.54. The Morgan fingerprint density at radius 1 is 1.42 bits per heavy atom. The minimum absolute atomic E-state index is 0.163. The highest BCUT2D eigenvalue weighted by Gasteiger charge is 2.05. The lowest BCUT2D eigenvalue weighted by Crippen LogP contribution is -2.00. The van der Waals surface area contributed by atoms with Gasteiger partial charge in [0.1, 0.15) is 5.70 Å². The highest BCUT2D eigenvalue weighted by atomic mass is 35.5. The van der Waals surface area contributed by atoms with E-state index in [4.69, 9.17) is 18.9 Å². The number of hydrogen-bond donors (Lipinski definition) is 1. The van der Waals surface area contributed by atoms with Crippen molar-refractivity contribution >= 4 is 21.7 Å². The maximum Gasteiger partial charge on any atom is 0.269 e. The van der Waals surface area contributed by atoms with Crippen LogP contribution in [0.3, 0.4) is 0 Å². The van der Waals surface area contributed by atoms with Crippen molar-refractivity contribution in [3.63, 3.8) is 0 Å². The van der Waals surface area contributed by atoms with Crippen LogP contribution in [0.4, 0.5) is 0 Å². The van der Waals surface area contributed by atoms with Crippen LogP contribution in [0.25, 0.3) is 0 Å². The summed E-state index contributed by atoms with van der Waals surface area (Å²) in [7, 11) is -4.78. The van der Waals surface area contributed by atoms with E-state index in [1.54, 1.807) is 0 Å². The molecule has 0 aromatic heterocycles. The number of benzene rings is 1. The molecule has 0 aliphatic carbocycles. The molecule has 0 bridgehead atoms. The Labute approximate surface area is 78.5 Å². The third-order valence-corrected chi connectivity index (χ3v) is 1.84. The van der Waals surface area contributed by atoms with Crippen LogP contribution >= 0.6 is 11.6 Å². The molecule has 1 aromatic rings. The van der Waals surface area contributed by atoms with Crippen LogP contribution in [0, 0.1) is 0 Å². The zero-order valence-corrected chi connectivity index (χ0v) is 7.43. The molecule has 0 spiro atoms. The van der Waals surface area contributed by atoms with Gasteiger partial charge in [0.05, 0.1) is 2.74 Å². The van der Waals surface area contributed by atoms with Crippen LogP contribution in [0.5, 0.6) is 0 Å². The lowest BCUT2D eigenvalue weighted by atomic mass is 10.2. The molecule has 0 saturated heterocycles. The van der Waals surface area contributed by atoms with Crippen molar-refractivity contribution in [3.8, 4) is 0 Å². The summed E-state index contributed by atoms with van der Waals surface area (Å²) in [5.74, 6) is 0. The van der Waals surface area contributed by atoms with Crippen molar-refractivity contribution in [1.29, 1.82) is 0 Å². The molecule has 0 aliphatic rings. The Morgan fingerprint density at radius 2 is 1.92 bits per heavy atom.